The van der Waals surface area contributed by atoms with Crippen LogP contribution in [0.4, 0.5) is 4.79 Å². The summed E-state index contributed by atoms with van der Waals surface area (Å²) in [6.45, 7) is 8.50. The number of amides is 1. The topological polar surface area (TPSA) is 64.6 Å². The number of rotatable bonds is 7. The number of ether oxygens (including phenoxy) is 2. The van der Waals surface area contributed by atoms with Gasteiger partial charge in [0.25, 0.3) is 0 Å². The molecule has 1 N–H and O–H groups in total. The number of carbonyl (C=O) groups is 2. The number of hydrogen-bond acceptors (Lipinski definition) is 4. The highest BCUT2D eigenvalue weighted by Crippen LogP contribution is 2.37. The Labute approximate surface area is 120 Å². The molecule has 0 radical (unpaired) electrons. The Morgan fingerprint density at radius 3 is 2.55 bits per heavy atom. The molecule has 5 heteroatoms. The van der Waals surface area contributed by atoms with Crippen LogP contribution in [0.2, 0.25) is 0 Å². The number of alkyl carbamates (subject to hydrolysis) is 1. The standard InChI is InChI=1S/C15H25NO4/c1-4-12-8-11(3)9-13(12)10-16-15(18)20-7-6-19-14(17)5-2/h5,11-13H,2,4,6-10H2,1,3H3,(H,16,18). The van der Waals surface area contributed by atoms with E-state index >= 15 is 0 Å². The summed E-state index contributed by atoms with van der Waals surface area (Å²) in [6.07, 6.45) is 4.19. The van der Waals surface area contributed by atoms with Crippen molar-refractivity contribution in [2.75, 3.05) is 19.8 Å². The predicted octanol–water partition coefficient (Wildman–Crippen LogP) is 2.51. The maximum Gasteiger partial charge on any atom is 0.407 e. The minimum atomic E-state index is -0.514. The van der Waals surface area contributed by atoms with Gasteiger partial charge in [-0.1, -0.05) is 26.8 Å². The van der Waals surface area contributed by atoms with Gasteiger partial charge in [-0.3, -0.25) is 0 Å². The molecule has 0 aromatic heterocycles. The Hall–Kier alpha value is -1.52. The van der Waals surface area contributed by atoms with Gasteiger partial charge in [0.2, 0.25) is 0 Å². The molecule has 3 atom stereocenters. The molecule has 0 bridgehead atoms. The van der Waals surface area contributed by atoms with E-state index in [0.29, 0.717) is 18.4 Å². The molecule has 0 aliphatic heterocycles. The van der Waals surface area contributed by atoms with E-state index < -0.39 is 12.1 Å². The summed E-state index contributed by atoms with van der Waals surface area (Å²) in [5.74, 6) is 1.46. The van der Waals surface area contributed by atoms with Crippen LogP contribution < -0.4 is 5.32 Å². The van der Waals surface area contributed by atoms with Crippen LogP contribution >= 0.6 is 0 Å². The van der Waals surface area contributed by atoms with Crippen LogP contribution in [-0.4, -0.2) is 31.8 Å². The van der Waals surface area contributed by atoms with E-state index in [9.17, 15) is 9.59 Å². The van der Waals surface area contributed by atoms with Crippen molar-refractivity contribution in [1.29, 1.82) is 0 Å². The lowest BCUT2D eigenvalue weighted by atomic mass is 9.94. The first-order valence-corrected chi connectivity index (χ1v) is 7.26. The smallest absolute Gasteiger partial charge is 0.407 e. The fourth-order valence-electron chi connectivity index (χ4n) is 2.87. The number of carbonyl (C=O) groups excluding carboxylic acids is 2. The zero-order valence-corrected chi connectivity index (χ0v) is 12.4. The normalized spacial score (nSPS) is 25.0. The van der Waals surface area contributed by atoms with E-state index in [4.69, 9.17) is 9.47 Å². The van der Waals surface area contributed by atoms with Gasteiger partial charge in [0.15, 0.2) is 0 Å². The Bertz CT molecular complexity index is 343. The van der Waals surface area contributed by atoms with E-state index in [1.54, 1.807) is 0 Å². The van der Waals surface area contributed by atoms with Crippen LogP contribution in [0.1, 0.15) is 33.1 Å². The summed E-state index contributed by atoms with van der Waals surface area (Å²) in [5, 5.41) is 2.79. The quantitative estimate of drug-likeness (QED) is 0.443. The molecule has 1 amide bonds. The van der Waals surface area contributed by atoms with Crippen LogP contribution in [0.15, 0.2) is 12.7 Å². The first-order valence-electron chi connectivity index (χ1n) is 7.26. The zero-order valence-electron chi connectivity index (χ0n) is 12.4. The van der Waals surface area contributed by atoms with Crippen molar-refractivity contribution in [2.45, 2.75) is 33.1 Å². The Kier molecular flexibility index (Phi) is 7.12. The maximum atomic E-state index is 11.5. The SMILES string of the molecule is C=CC(=O)OCCOC(=O)NCC1CC(C)CC1CC. The Balaban J connectivity index is 2.13. The second-order valence-corrected chi connectivity index (χ2v) is 5.39. The molecule has 0 saturated heterocycles. The number of esters is 1. The molecule has 1 aliphatic rings. The summed E-state index contributed by atoms with van der Waals surface area (Å²) < 4.78 is 9.64. The molecule has 1 saturated carbocycles. The minimum Gasteiger partial charge on any atom is -0.459 e. The molecule has 3 unspecified atom stereocenters. The van der Waals surface area contributed by atoms with Gasteiger partial charge >= 0.3 is 12.1 Å². The van der Waals surface area contributed by atoms with Gasteiger partial charge in [-0.15, -0.1) is 0 Å². The fraction of sp³-hybridized carbons (Fsp3) is 0.733. The average Bonchev–Trinajstić information content (AvgIpc) is 2.81. The fourth-order valence-corrected chi connectivity index (χ4v) is 2.87. The molecular formula is C15H25NO4. The van der Waals surface area contributed by atoms with Crippen LogP contribution in [0.3, 0.4) is 0 Å². The van der Waals surface area contributed by atoms with Crippen LogP contribution in [-0.2, 0) is 14.3 Å². The maximum absolute atomic E-state index is 11.5. The van der Waals surface area contributed by atoms with Gasteiger partial charge in [-0.2, -0.15) is 0 Å². The van der Waals surface area contributed by atoms with Gasteiger partial charge < -0.3 is 14.8 Å². The van der Waals surface area contributed by atoms with Crippen molar-refractivity contribution in [3.05, 3.63) is 12.7 Å². The third kappa shape index (κ3) is 5.63. The summed E-state index contributed by atoms with van der Waals surface area (Å²) in [4.78, 5) is 22.3. The molecule has 0 aromatic carbocycles. The summed E-state index contributed by atoms with van der Waals surface area (Å²) in [7, 11) is 0. The third-order valence-corrected chi connectivity index (χ3v) is 3.84. The van der Waals surface area contributed by atoms with Crippen molar-refractivity contribution in [2.24, 2.45) is 17.8 Å². The van der Waals surface area contributed by atoms with Crippen LogP contribution in [0.5, 0.6) is 0 Å². The van der Waals surface area contributed by atoms with E-state index in [-0.39, 0.29) is 13.2 Å². The summed E-state index contributed by atoms with van der Waals surface area (Å²) >= 11 is 0. The van der Waals surface area contributed by atoms with E-state index in [1.165, 1.54) is 6.42 Å². The van der Waals surface area contributed by atoms with Gasteiger partial charge in [0.05, 0.1) is 0 Å². The molecule has 1 rings (SSSR count). The molecule has 1 fully saturated rings. The Morgan fingerprint density at radius 2 is 1.90 bits per heavy atom. The summed E-state index contributed by atoms with van der Waals surface area (Å²) in [5.41, 5.74) is 0. The second kappa shape index (κ2) is 8.61. The molecule has 5 nitrogen and oxygen atoms in total. The number of nitrogens with one attached hydrogen (secondary N) is 1. The molecule has 0 heterocycles. The van der Waals surface area contributed by atoms with Crippen molar-refractivity contribution in [3.8, 4) is 0 Å². The first kappa shape index (κ1) is 16.5. The van der Waals surface area contributed by atoms with E-state index in [2.05, 4.69) is 25.7 Å². The zero-order chi connectivity index (χ0) is 15.0. The highest BCUT2D eigenvalue weighted by atomic mass is 16.6. The molecule has 20 heavy (non-hydrogen) atoms. The van der Waals surface area contributed by atoms with Crippen molar-refractivity contribution < 1.29 is 19.1 Å². The first-order chi connectivity index (χ1) is 9.56. The lowest BCUT2D eigenvalue weighted by Crippen LogP contribution is -2.32. The van der Waals surface area contributed by atoms with Gasteiger partial charge in [0, 0.05) is 12.6 Å². The Morgan fingerprint density at radius 1 is 1.25 bits per heavy atom. The van der Waals surface area contributed by atoms with Gasteiger partial charge in [-0.05, 0) is 30.6 Å². The average molecular weight is 283 g/mol. The van der Waals surface area contributed by atoms with Crippen LogP contribution in [0, 0.1) is 17.8 Å². The molecule has 0 aromatic rings. The van der Waals surface area contributed by atoms with Crippen molar-refractivity contribution in [1.82, 2.24) is 5.32 Å². The molecule has 114 valence electrons. The van der Waals surface area contributed by atoms with Gasteiger partial charge in [0.1, 0.15) is 13.2 Å². The predicted molar refractivity (Wildman–Crippen MR) is 76.2 cm³/mol. The van der Waals surface area contributed by atoms with E-state index in [1.807, 2.05) is 0 Å². The lowest BCUT2D eigenvalue weighted by Gasteiger charge is -2.18. The molecule has 1 aliphatic carbocycles. The highest BCUT2D eigenvalue weighted by Gasteiger charge is 2.30. The largest absolute Gasteiger partial charge is 0.459 e. The van der Waals surface area contributed by atoms with Crippen molar-refractivity contribution >= 4 is 12.1 Å². The molecule has 0 spiro atoms. The van der Waals surface area contributed by atoms with Crippen molar-refractivity contribution in [3.63, 3.8) is 0 Å². The molecular weight excluding hydrogens is 258 g/mol. The van der Waals surface area contributed by atoms with E-state index in [0.717, 1.165) is 24.8 Å². The third-order valence-electron chi connectivity index (χ3n) is 3.84. The lowest BCUT2D eigenvalue weighted by molar-refractivity contribution is -0.138. The highest BCUT2D eigenvalue weighted by molar-refractivity contribution is 5.81. The second-order valence-electron chi connectivity index (χ2n) is 5.39. The van der Waals surface area contributed by atoms with Gasteiger partial charge in [-0.25, -0.2) is 9.59 Å². The minimum absolute atomic E-state index is 0.0519. The monoisotopic (exact) mass is 283 g/mol. The van der Waals surface area contributed by atoms with Crippen LogP contribution in [0.25, 0.3) is 0 Å². The summed E-state index contributed by atoms with van der Waals surface area (Å²) in [6, 6.07) is 0. The number of hydrogen-bond donors (Lipinski definition) is 1.